The molecule has 9 nitrogen and oxygen atoms in total. The van der Waals surface area contributed by atoms with Crippen LogP contribution >= 0.6 is 0 Å². The Morgan fingerprint density at radius 1 is 1.15 bits per heavy atom. The first kappa shape index (κ1) is 21.4. The molecule has 1 N–H and O–H groups in total. The first-order valence-electron chi connectivity index (χ1n) is 11.6. The summed E-state index contributed by atoms with van der Waals surface area (Å²) in [6, 6.07) is 5.54. The zero-order chi connectivity index (χ0) is 22.6. The Labute approximate surface area is 193 Å². The fourth-order valence-corrected chi connectivity index (χ4v) is 4.12. The molecule has 0 atom stereocenters. The van der Waals surface area contributed by atoms with Crippen molar-refractivity contribution in [3.8, 4) is 5.75 Å². The minimum absolute atomic E-state index is 0.173. The summed E-state index contributed by atoms with van der Waals surface area (Å²) in [6.07, 6.45) is 11.9. The summed E-state index contributed by atoms with van der Waals surface area (Å²) in [5.74, 6) is 2.25. The Hall–Kier alpha value is -3.49. The number of rotatable bonds is 8. The second-order valence-corrected chi connectivity index (χ2v) is 8.92. The number of aryl methyl sites for hydroxylation is 1. The molecule has 1 saturated heterocycles. The van der Waals surface area contributed by atoms with E-state index in [0.29, 0.717) is 12.2 Å². The standard InChI is InChI=1S/C24H29N7O2/c1-17-12-22(24(32)26-13-18-4-8-25-9-5-18)28-29-23(17)30-10-6-20(7-11-30)33-21-14-27-31(16-21)15-19-2-3-19/h4-5,8-9,12,14,16,19-20H,2-3,6-7,10-11,13,15H2,1H3,(H,26,32). The molecule has 1 aliphatic heterocycles. The van der Waals surface area contributed by atoms with Crippen molar-refractivity contribution in [3.05, 3.63) is 59.8 Å². The molecule has 0 radical (unpaired) electrons. The Morgan fingerprint density at radius 2 is 1.94 bits per heavy atom. The van der Waals surface area contributed by atoms with Gasteiger partial charge in [-0.3, -0.25) is 14.5 Å². The van der Waals surface area contributed by atoms with Crippen LogP contribution in [0.2, 0.25) is 0 Å². The van der Waals surface area contributed by atoms with E-state index >= 15 is 0 Å². The largest absolute Gasteiger partial charge is 0.487 e. The van der Waals surface area contributed by atoms with Gasteiger partial charge in [0, 0.05) is 51.4 Å². The highest BCUT2D eigenvalue weighted by Gasteiger charge is 2.25. The third-order valence-corrected chi connectivity index (χ3v) is 6.19. The van der Waals surface area contributed by atoms with Gasteiger partial charge in [0.25, 0.3) is 5.91 Å². The zero-order valence-electron chi connectivity index (χ0n) is 18.9. The molecule has 5 rings (SSSR count). The monoisotopic (exact) mass is 447 g/mol. The van der Waals surface area contributed by atoms with Crippen LogP contribution in [0.5, 0.6) is 5.75 Å². The molecule has 0 unspecified atom stereocenters. The van der Waals surface area contributed by atoms with Gasteiger partial charge in [0.05, 0.1) is 12.4 Å². The van der Waals surface area contributed by atoms with Crippen molar-refractivity contribution in [1.82, 2.24) is 30.3 Å². The summed E-state index contributed by atoms with van der Waals surface area (Å²) >= 11 is 0. The van der Waals surface area contributed by atoms with Crippen LogP contribution in [0.15, 0.2) is 43.0 Å². The fraction of sp³-hybridized carbons (Fsp3) is 0.458. The highest BCUT2D eigenvalue weighted by molar-refractivity contribution is 5.92. The first-order valence-corrected chi connectivity index (χ1v) is 11.6. The molecule has 3 aromatic heterocycles. The highest BCUT2D eigenvalue weighted by Crippen LogP contribution is 2.31. The Bertz CT molecular complexity index is 1090. The number of ether oxygens (including phenoxy) is 1. The van der Waals surface area contributed by atoms with Crippen LogP contribution in [0.4, 0.5) is 5.82 Å². The number of hydrogen-bond donors (Lipinski definition) is 1. The fourth-order valence-electron chi connectivity index (χ4n) is 4.12. The van der Waals surface area contributed by atoms with Crippen LogP contribution in [-0.2, 0) is 13.1 Å². The molecule has 1 aliphatic carbocycles. The molecule has 4 heterocycles. The molecular weight excluding hydrogens is 418 g/mol. The van der Waals surface area contributed by atoms with Gasteiger partial charge >= 0.3 is 0 Å². The summed E-state index contributed by atoms with van der Waals surface area (Å²) in [7, 11) is 0. The van der Waals surface area contributed by atoms with Crippen LogP contribution in [0.25, 0.3) is 0 Å². The average Bonchev–Trinajstić information content (AvgIpc) is 3.55. The van der Waals surface area contributed by atoms with Crippen LogP contribution in [0.3, 0.4) is 0 Å². The van der Waals surface area contributed by atoms with Crippen molar-refractivity contribution in [1.29, 1.82) is 0 Å². The number of hydrogen-bond acceptors (Lipinski definition) is 7. The molecule has 172 valence electrons. The lowest BCUT2D eigenvalue weighted by Gasteiger charge is -2.33. The lowest BCUT2D eigenvalue weighted by atomic mass is 10.1. The van der Waals surface area contributed by atoms with Crippen molar-refractivity contribution in [3.63, 3.8) is 0 Å². The van der Waals surface area contributed by atoms with Crippen LogP contribution in [-0.4, -0.2) is 50.1 Å². The van der Waals surface area contributed by atoms with Crippen LogP contribution in [0, 0.1) is 12.8 Å². The minimum atomic E-state index is -0.233. The maximum Gasteiger partial charge on any atom is 0.272 e. The maximum absolute atomic E-state index is 12.5. The molecule has 2 aliphatic rings. The van der Waals surface area contributed by atoms with Gasteiger partial charge in [-0.1, -0.05) is 0 Å². The van der Waals surface area contributed by atoms with E-state index < -0.39 is 0 Å². The average molecular weight is 448 g/mol. The van der Waals surface area contributed by atoms with Crippen molar-refractivity contribution in [2.45, 2.75) is 51.8 Å². The Morgan fingerprint density at radius 3 is 2.67 bits per heavy atom. The maximum atomic E-state index is 12.5. The number of aromatic nitrogens is 5. The van der Waals surface area contributed by atoms with E-state index in [9.17, 15) is 4.79 Å². The molecular formula is C24H29N7O2. The van der Waals surface area contributed by atoms with E-state index in [4.69, 9.17) is 4.74 Å². The summed E-state index contributed by atoms with van der Waals surface area (Å²) in [5, 5.41) is 15.9. The molecule has 1 amide bonds. The molecule has 33 heavy (non-hydrogen) atoms. The number of pyridine rings is 1. The number of nitrogens with zero attached hydrogens (tertiary/aromatic N) is 6. The molecule has 3 aromatic rings. The van der Waals surface area contributed by atoms with Gasteiger partial charge in [0.2, 0.25) is 0 Å². The van der Waals surface area contributed by atoms with Crippen LogP contribution in [0.1, 0.15) is 47.3 Å². The van der Waals surface area contributed by atoms with Gasteiger partial charge in [-0.25, -0.2) is 0 Å². The van der Waals surface area contributed by atoms with E-state index in [2.05, 4.69) is 30.5 Å². The van der Waals surface area contributed by atoms with E-state index in [1.165, 1.54) is 12.8 Å². The predicted octanol–water partition coefficient (Wildman–Crippen LogP) is 2.76. The third-order valence-electron chi connectivity index (χ3n) is 6.19. The van der Waals surface area contributed by atoms with Crippen molar-refractivity contribution < 1.29 is 9.53 Å². The molecule has 0 spiro atoms. The van der Waals surface area contributed by atoms with Gasteiger partial charge in [-0.05, 0) is 55.0 Å². The number of carbonyl (C=O) groups excluding carboxylic acids is 1. The summed E-state index contributed by atoms with van der Waals surface area (Å²) < 4.78 is 8.16. The van der Waals surface area contributed by atoms with E-state index in [1.807, 2.05) is 36.1 Å². The number of piperidine rings is 1. The van der Waals surface area contributed by atoms with Gasteiger partial charge in [-0.2, -0.15) is 5.10 Å². The number of anilines is 1. The summed E-state index contributed by atoms with van der Waals surface area (Å²) in [4.78, 5) is 18.7. The van der Waals surface area contributed by atoms with Gasteiger partial charge in [0.15, 0.2) is 17.3 Å². The first-order chi connectivity index (χ1) is 16.1. The topological polar surface area (TPSA) is 98.1 Å². The van der Waals surface area contributed by atoms with E-state index in [0.717, 1.165) is 61.1 Å². The smallest absolute Gasteiger partial charge is 0.272 e. The van der Waals surface area contributed by atoms with Gasteiger partial charge < -0.3 is 15.0 Å². The van der Waals surface area contributed by atoms with Gasteiger partial charge in [-0.15, -0.1) is 10.2 Å². The second kappa shape index (κ2) is 9.56. The highest BCUT2D eigenvalue weighted by atomic mass is 16.5. The molecule has 1 saturated carbocycles. The number of carbonyl (C=O) groups is 1. The Balaban J connectivity index is 1.12. The second-order valence-electron chi connectivity index (χ2n) is 8.92. The lowest BCUT2D eigenvalue weighted by molar-refractivity contribution is 0.0945. The van der Waals surface area contributed by atoms with Crippen molar-refractivity contribution in [2.75, 3.05) is 18.0 Å². The van der Waals surface area contributed by atoms with E-state index in [-0.39, 0.29) is 12.0 Å². The van der Waals surface area contributed by atoms with Crippen LogP contribution < -0.4 is 15.0 Å². The van der Waals surface area contributed by atoms with Crippen molar-refractivity contribution >= 4 is 11.7 Å². The normalized spacial score (nSPS) is 16.6. The number of amides is 1. The SMILES string of the molecule is Cc1cc(C(=O)NCc2ccncc2)nnc1N1CCC(Oc2cnn(CC3CC3)c2)CC1. The summed E-state index contributed by atoms with van der Waals surface area (Å²) in [5.41, 5.74) is 2.26. The quantitative estimate of drug-likeness (QED) is 0.567. The summed E-state index contributed by atoms with van der Waals surface area (Å²) in [6.45, 7) is 5.07. The molecule has 2 fully saturated rings. The minimum Gasteiger partial charge on any atom is -0.487 e. The third kappa shape index (κ3) is 5.47. The lowest BCUT2D eigenvalue weighted by Crippen LogP contribution is -2.39. The van der Waals surface area contributed by atoms with E-state index in [1.54, 1.807) is 18.5 Å². The molecule has 0 bridgehead atoms. The molecule has 9 heteroatoms. The zero-order valence-corrected chi connectivity index (χ0v) is 18.9. The molecule has 0 aromatic carbocycles. The number of nitrogens with one attached hydrogen (secondary N) is 1. The Kier molecular flexibility index (Phi) is 6.19. The van der Waals surface area contributed by atoms with Crippen molar-refractivity contribution in [2.24, 2.45) is 5.92 Å². The van der Waals surface area contributed by atoms with Gasteiger partial charge in [0.1, 0.15) is 6.10 Å². The predicted molar refractivity (Wildman–Crippen MR) is 123 cm³/mol.